The van der Waals surface area contributed by atoms with Gasteiger partial charge in [0.25, 0.3) is 0 Å². The van der Waals surface area contributed by atoms with Crippen LogP contribution < -0.4 is 10.9 Å². The lowest BCUT2D eigenvalue weighted by molar-refractivity contribution is 0.616. The van der Waals surface area contributed by atoms with E-state index in [1.807, 2.05) is 30.3 Å². The molecule has 14 heavy (non-hydrogen) atoms. The first kappa shape index (κ1) is 11.1. The lowest BCUT2D eigenvalue weighted by Crippen LogP contribution is -2.37. The Bertz CT molecular complexity index is 272. The third-order valence-electron chi connectivity index (χ3n) is 1.89. The summed E-state index contributed by atoms with van der Waals surface area (Å²) in [7, 11) is 0. The third kappa shape index (κ3) is 3.85. The highest BCUT2D eigenvalue weighted by atomic mass is 32.1. The van der Waals surface area contributed by atoms with Crippen molar-refractivity contribution in [3.05, 3.63) is 35.9 Å². The van der Waals surface area contributed by atoms with Crippen LogP contribution in [0.1, 0.15) is 25.3 Å². The molecule has 0 saturated carbocycles. The topological polar surface area (TPSA) is 24.1 Å². The molecule has 3 heteroatoms. The van der Waals surface area contributed by atoms with Gasteiger partial charge in [-0.3, -0.25) is 0 Å². The maximum absolute atomic E-state index is 5.20. The fourth-order valence-electron chi connectivity index (χ4n) is 1.07. The second-order valence-electron chi connectivity index (χ2n) is 3.10. The minimum atomic E-state index is 0.752. The quantitative estimate of drug-likeness (QED) is 0.441. The van der Waals surface area contributed by atoms with Crippen molar-refractivity contribution in [3.8, 4) is 0 Å². The molecular formula is C11H16N2S. The lowest BCUT2D eigenvalue weighted by Gasteiger charge is -2.08. The number of unbranched alkanes of at least 4 members (excludes halogenated alkanes) is 1. The van der Waals surface area contributed by atoms with Gasteiger partial charge < -0.3 is 5.43 Å². The Labute approximate surface area is 90.7 Å². The van der Waals surface area contributed by atoms with Crippen molar-refractivity contribution in [2.45, 2.75) is 19.8 Å². The first-order chi connectivity index (χ1) is 6.84. The Hall–Kier alpha value is -0.930. The molecule has 0 unspecified atom stereocenters. The van der Waals surface area contributed by atoms with E-state index in [4.69, 9.17) is 12.2 Å². The zero-order chi connectivity index (χ0) is 10.2. The lowest BCUT2D eigenvalue weighted by atomic mass is 10.2. The van der Waals surface area contributed by atoms with Gasteiger partial charge in [0, 0.05) is 12.1 Å². The molecular weight excluding hydrogens is 192 g/mol. The van der Waals surface area contributed by atoms with Crippen molar-refractivity contribution in [1.29, 1.82) is 0 Å². The second kappa shape index (κ2) is 6.51. The van der Waals surface area contributed by atoms with Gasteiger partial charge in [-0.25, -0.2) is 5.43 Å². The largest absolute Gasteiger partial charge is 0.312 e. The summed E-state index contributed by atoms with van der Waals surface area (Å²) in [6, 6.07) is 9.94. The Balaban J connectivity index is 2.29. The average molecular weight is 208 g/mol. The number of rotatable bonds is 5. The van der Waals surface area contributed by atoms with Crippen LogP contribution in [-0.2, 0) is 0 Å². The van der Waals surface area contributed by atoms with Crippen LogP contribution in [-0.4, -0.2) is 11.5 Å². The van der Waals surface area contributed by atoms with Gasteiger partial charge in [0.2, 0.25) is 0 Å². The molecule has 2 nitrogen and oxygen atoms in total. The third-order valence-corrected chi connectivity index (χ3v) is 2.23. The maximum Gasteiger partial charge on any atom is 0.120 e. The zero-order valence-electron chi connectivity index (χ0n) is 8.42. The molecule has 0 saturated heterocycles. The van der Waals surface area contributed by atoms with Crippen LogP contribution in [0.2, 0.25) is 0 Å². The van der Waals surface area contributed by atoms with Crippen molar-refractivity contribution >= 4 is 17.2 Å². The molecule has 0 aromatic heterocycles. The summed E-state index contributed by atoms with van der Waals surface area (Å²) in [6.45, 7) is 3.11. The van der Waals surface area contributed by atoms with E-state index in [1.165, 1.54) is 6.42 Å². The Morgan fingerprint density at radius 1 is 1.29 bits per heavy atom. The number of thiocarbonyl (C=S) groups is 1. The van der Waals surface area contributed by atoms with Gasteiger partial charge in [-0.05, 0) is 6.42 Å². The summed E-state index contributed by atoms with van der Waals surface area (Å²) in [5.41, 5.74) is 7.16. The predicted octanol–water partition coefficient (Wildman–Crippen LogP) is 2.26. The zero-order valence-corrected chi connectivity index (χ0v) is 9.23. The highest BCUT2D eigenvalue weighted by Crippen LogP contribution is 1.98. The van der Waals surface area contributed by atoms with E-state index in [9.17, 15) is 0 Å². The van der Waals surface area contributed by atoms with Crippen LogP contribution in [0.25, 0.3) is 0 Å². The Morgan fingerprint density at radius 2 is 2.00 bits per heavy atom. The smallest absolute Gasteiger partial charge is 0.120 e. The molecule has 0 radical (unpaired) electrons. The van der Waals surface area contributed by atoms with E-state index in [-0.39, 0.29) is 0 Å². The molecule has 1 rings (SSSR count). The summed E-state index contributed by atoms with van der Waals surface area (Å²) in [6.07, 6.45) is 2.34. The van der Waals surface area contributed by atoms with Crippen LogP contribution in [0.15, 0.2) is 30.3 Å². The van der Waals surface area contributed by atoms with Crippen LogP contribution in [0.5, 0.6) is 0 Å². The number of hydrogen-bond acceptors (Lipinski definition) is 2. The average Bonchev–Trinajstić information content (AvgIpc) is 2.25. The number of hydrazine groups is 1. The van der Waals surface area contributed by atoms with Crippen molar-refractivity contribution < 1.29 is 0 Å². The standard InChI is InChI=1S/C11H16N2S/c1-2-3-9-12-13-11(14)10-7-5-4-6-8-10/h4-8,12H,2-3,9H2,1H3,(H,13,14). The van der Waals surface area contributed by atoms with Gasteiger partial charge in [-0.1, -0.05) is 55.9 Å². The van der Waals surface area contributed by atoms with Crippen molar-refractivity contribution in [1.82, 2.24) is 10.9 Å². The van der Waals surface area contributed by atoms with Gasteiger partial charge in [-0.2, -0.15) is 0 Å². The summed E-state index contributed by atoms with van der Waals surface area (Å²) < 4.78 is 0. The first-order valence-corrected chi connectivity index (χ1v) is 5.33. The van der Waals surface area contributed by atoms with Gasteiger partial charge in [0.05, 0.1) is 0 Å². The Kier molecular flexibility index (Phi) is 5.19. The van der Waals surface area contributed by atoms with Crippen LogP contribution in [0.4, 0.5) is 0 Å². The fraction of sp³-hybridized carbons (Fsp3) is 0.364. The van der Waals surface area contributed by atoms with Crippen molar-refractivity contribution in [2.75, 3.05) is 6.54 Å². The maximum atomic E-state index is 5.20. The molecule has 0 heterocycles. The van der Waals surface area contributed by atoms with Gasteiger partial charge >= 0.3 is 0 Å². The second-order valence-corrected chi connectivity index (χ2v) is 3.51. The van der Waals surface area contributed by atoms with Crippen LogP contribution in [0, 0.1) is 0 Å². The summed E-state index contributed by atoms with van der Waals surface area (Å²) >= 11 is 5.20. The molecule has 0 aliphatic carbocycles. The fourth-order valence-corrected chi connectivity index (χ4v) is 1.28. The highest BCUT2D eigenvalue weighted by molar-refractivity contribution is 7.80. The first-order valence-electron chi connectivity index (χ1n) is 4.93. The minimum Gasteiger partial charge on any atom is -0.312 e. The molecule has 0 aliphatic rings. The minimum absolute atomic E-state index is 0.752. The molecule has 0 fully saturated rings. The SMILES string of the molecule is CCCCNNC(=S)c1ccccc1. The van der Waals surface area contributed by atoms with Crippen LogP contribution in [0.3, 0.4) is 0 Å². The van der Waals surface area contributed by atoms with E-state index < -0.39 is 0 Å². The molecule has 1 aromatic carbocycles. The summed E-state index contributed by atoms with van der Waals surface area (Å²) in [4.78, 5) is 0.752. The number of benzene rings is 1. The number of hydrogen-bond donors (Lipinski definition) is 2. The van der Waals surface area contributed by atoms with E-state index in [0.29, 0.717) is 0 Å². The summed E-state index contributed by atoms with van der Waals surface area (Å²) in [5, 5.41) is 0. The van der Waals surface area contributed by atoms with E-state index in [1.54, 1.807) is 0 Å². The molecule has 0 spiro atoms. The molecule has 0 bridgehead atoms. The normalized spacial score (nSPS) is 9.79. The molecule has 1 aromatic rings. The monoisotopic (exact) mass is 208 g/mol. The molecule has 76 valence electrons. The van der Waals surface area contributed by atoms with Crippen molar-refractivity contribution in [2.24, 2.45) is 0 Å². The van der Waals surface area contributed by atoms with E-state index in [2.05, 4.69) is 17.8 Å². The number of nitrogens with one attached hydrogen (secondary N) is 2. The molecule has 2 N–H and O–H groups in total. The molecule has 0 amide bonds. The molecule has 0 aliphatic heterocycles. The van der Waals surface area contributed by atoms with Crippen LogP contribution >= 0.6 is 12.2 Å². The van der Waals surface area contributed by atoms with Gasteiger partial charge in [0.1, 0.15) is 4.99 Å². The van der Waals surface area contributed by atoms with E-state index >= 15 is 0 Å². The predicted molar refractivity (Wildman–Crippen MR) is 64.2 cm³/mol. The summed E-state index contributed by atoms with van der Waals surface area (Å²) in [5.74, 6) is 0. The van der Waals surface area contributed by atoms with Gasteiger partial charge in [0.15, 0.2) is 0 Å². The molecule has 0 atom stereocenters. The van der Waals surface area contributed by atoms with E-state index in [0.717, 1.165) is 23.5 Å². The van der Waals surface area contributed by atoms with Crippen molar-refractivity contribution in [3.63, 3.8) is 0 Å². The highest BCUT2D eigenvalue weighted by Gasteiger charge is 1.96. The Morgan fingerprint density at radius 3 is 2.64 bits per heavy atom. The van der Waals surface area contributed by atoms with Gasteiger partial charge in [-0.15, -0.1) is 0 Å².